The van der Waals surface area contributed by atoms with Crippen LogP contribution in [0.3, 0.4) is 0 Å². The first kappa shape index (κ1) is 18.6. The minimum absolute atomic E-state index is 0.110. The highest BCUT2D eigenvalue weighted by atomic mass is 19.1. The average Bonchev–Trinajstić information content (AvgIpc) is 2.65. The van der Waals surface area contributed by atoms with Gasteiger partial charge in [0.25, 0.3) is 5.91 Å². The summed E-state index contributed by atoms with van der Waals surface area (Å²) in [5, 5.41) is 4.55. The molecule has 5 heteroatoms. The molecule has 27 heavy (non-hydrogen) atoms. The molecule has 1 atom stereocenters. The average molecular weight is 365 g/mol. The van der Waals surface area contributed by atoms with Gasteiger partial charge in [0.1, 0.15) is 17.6 Å². The van der Waals surface area contributed by atoms with E-state index in [0.29, 0.717) is 5.75 Å². The Labute approximate surface area is 157 Å². The van der Waals surface area contributed by atoms with Crippen molar-refractivity contribution in [1.82, 2.24) is 5.32 Å². The van der Waals surface area contributed by atoms with Crippen molar-refractivity contribution in [2.45, 2.75) is 19.9 Å². The van der Waals surface area contributed by atoms with Crippen molar-refractivity contribution in [3.63, 3.8) is 0 Å². The van der Waals surface area contributed by atoms with E-state index in [1.54, 1.807) is 32.0 Å². The van der Waals surface area contributed by atoms with Gasteiger partial charge in [-0.1, -0.05) is 56.3 Å². The summed E-state index contributed by atoms with van der Waals surface area (Å²) in [5.74, 6) is -1.72. The summed E-state index contributed by atoms with van der Waals surface area (Å²) in [5.41, 5.74) is -0.110. The van der Waals surface area contributed by atoms with Gasteiger partial charge < -0.3 is 10.1 Å². The second kappa shape index (κ2) is 7.99. The molecule has 0 aliphatic heterocycles. The monoisotopic (exact) mass is 365 g/mol. The number of hydrogen-bond acceptors (Lipinski definition) is 3. The summed E-state index contributed by atoms with van der Waals surface area (Å²) < 4.78 is 19.3. The van der Waals surface area contributed by atoms with Crippen LogP contribution < -0.4 is 10.1 Å². The van der Waals surface area contributed by atoms with Crippen LogP contribution in [-0.4, -0.2) is 17.9 Å². The zero-order valence-corrected chi connectivity index (χ0v) is 15.1. The molecule has 0 aliphatic rings. The number of ether oxygens (including phenoxy) is 1. The number of hydrogen-bond donors (Lipinski definition) is 1. The molecular weight excluding hydrogens is 345 g/mol. The molecule has 0 unspecified atom stereocenters. The van der Waals surface area contributed by atoms with Crippen molar-refractivity contribution in [3.8, 4) is 5.75 Å². The Balaban J connectivity index is 1.76. The maximum absolute atomic E-state index is 13.8. The van der Waals surface area contributed by atoms with Crippen LogP contribution in [0, 0.1) is 11.7 Å². The number of esters is 1. The van der Waals surface area contributed by atoms with E-state index in [4.69, 9.17) is 4.74 Å². The molecule has 4 nitrogen and oxygen atoms in total. The molecule has 0 saturated heterocycles. The molecule has 0 spiro atoms. The van der Waals surface area contributed by atoms with Crippen molar-refractivity contribution >= 4 is 22.6 Å². The predicted molar refractivity (Wildman–Crippen MR) is 102 cm³/mol. The van der Waals surface area contributed by atoms with Crippen LogP contribution in [0.5, 0.6) is 5.75 Å². The fraction of sp³-hybridized carbons (Fsp3) is 0.182. The van der Waals surface area contributed by atoms with Gasteiger partial charge in [-0.2, -0.15) is 0 Å². The number of fused-ring (bicyclic) bond motifs is 1. The zero-order chi connectivity index (χ0) is 19.4. The number of nitrogens with one attached hydrogen (secondary N) is 1. The second-order valence-corrected chi connectivity index (χ2v) is 6.61. The summed E-state index contributed by atoms with van der Waals surface area (Å²) >= 11 is 0. The van der Waals surface area contributed by atoms with Crippen molar-refractivity contribution in [2.24, 2.45) is 5.92 Å². The third kappa shape index (κ3) is 4.31. The molecule has 0 radical (unpaired) electrons. The molecule has 3 rings (SSSR count). The maximum atomic E-state index is 13.8. The van der Waals surface area contributed by atoms with Gasteiger partial charge in [-0.3, -0.25) is 4.79 Å². The number of carbonyl (C=O) groups is 2. The molecule has 1 N–H and O–H groups in total. The van der Waals surface area contributed by atoms with E-state index < -0.39 is 23.7 Å². The van der Waals surface area contributed by atoms with Crippen LogP contribution >= 0.6 is 0 Å². The smallest absolute Gasteiger partial charge is 0.334 e. The molecule has 0 aliphatic carbocycles. The molecule has 3 aromatic carbocycles. The molecular formula is C22H20FNO3. The van der Waals surface area contributed by atoms with Crippen LogP contribution in [-0.2, 0) is 4.79 Å². The van der Waals surface area contributed by atoms with Crippen LogP contribution in [0.1, 0.15) is 24.2 Å². The summed E-state index contributed by atoms with van der Waals surface area (Å²) in [6.07, 6.45) is 0. The largest absolute Gasteiger partial charge is 0.425 e. The van der Waals surface area contributed by atoms with E-state index in [9.17, 15) is 14.0 Å². The lowest BCUT2D eigenvalue weighted by atomic mass is 10.0. The molecule has 0 aromatic heterocycles. The highest BCUT2D eigenvalue weighted by molar-refractivity contribution is 5.97. The third-order valence-corrected chi connectivity index (χ3v) is 4.27. The highest BCUT2D eigenvalue weighted by Gasteiger charge is 2.27. The Kier molecular flexibility index (Phi) is 5.50. The van der Waals surface area contributed by atoms with E-state index >= 15 is 0 Å². The first-order valence-corrected chi connectivity index (χ1v) is 8.71. The Morgan fingerprint density at radius 1 is 0.926 bits per heavy atom. The maximum Gasteiger partial charge on any atom is 0.334 e. The Hall–Kier alpha value is -3.21. The van der Waals surface area contributed by atoms with E-state index in [0.717, 1.165) is 10.8 Å². The van der Waals surface area contributed by atoms with Crippen LogP contribution in [0.4, 0.5) is 4.39 Å². The summed E-state index contributed by atoms with van der Waals surface area (Å²) in [7, 11) is 0. The Morgan fingerprint density at radius 3 is 2.30 bits per heavy atom. The van der Waals surface area contributed by atoms with Crippen molar-refractivity contribution in [2.75, 3.05) is 0 Å². The fourth-order valence-electron chi connectivity index (χ4n) is 2.77. The molecule has 0 saturated carbocycles. The van der Waals surface area contributed by atoms with E-state index in [-0.39, 0.29) is 11.5 Å². The zero-order valence-electron chi connectivity index (χ0n) is 15.1. The van der Waals surface area contributed by atoms with E-state index in [1.807, 2.05) is 30.3 Å². The van der Waals surface area contributed by atoms with Crippen LogP contribution in [0.2, 0.25) is 0 Å². The fourth-order valence-corrected chi connectivity index (χ4v) is 2.77. The van der Waals surface area contributed by atoms with E-state index in [1.165, 1.54) is 18.2 Å². The lowest BCUT2D eigenvalue weighted by Gasteiger charge is -2.21. The van der Waals surface area contributed by atoms with Crippen LogP contribution in [0.25, 0.3) is 10.8 Å². The second-order valence-electron chi connectivity index (χ2n) is 6.61. The van der Waals surface area contributed by atoms with Gasteiger partial charge in [0.2, 0.25) is 0 Å². The topological polar surface area (TPSA) is 55.4 Å². The molecule has 138 valence electrons. The lowest BCUT2D eigenvalue weighted by molar-refractivity contribution is -0.137. The van der Waals surface area contributed by atoms with Gasteiger partial charge in [-0.15, -0.1) is 0 Å². The van der Waals surface area contributed by atoms with Crippen molar-refractivity contribution in [1.29, 1.82) is 0 Å². The minimum Gasteiger partial charge on any atom is -0.425 e. The summed E-state index contributed by atoms with van der Waals surface area (Å²) in [4.78, 5) is 25.0. The first-order valence-electron chi connectivity index (χ1n) is 8.71. The van der Waals surface area contributed by atoms with Gasteiger partial charge in [-0.05, 0) is 41.0 Å². The van der Waals surface area contributed by atoms with Crippen molar-refractivity contribution in [3.05, 3.63) is 78.1 Å². The number of carbonyl (C=O) groups excluding carboxylic acids is 2. The van der Waals surface area contributed by atoms with Gasteiger partial charge >= 0.3 is 5.97 Å². The Bertz CT molecular complexity index is 984. The van der Waals surface area contributed by atoms with Crippen molar-refractivity contribution < 1.29 is 18.7 Å². The number of amides is 1. The molecule has 0 bridgehead atoms. The van der Waals surface area contributed by atoms with Gasteiger partial charge in [0.15, 0.2) is 0 Å². The quantitative estimate of drug-likeness (QED) is 0.541. The number of rotatable bonds is 5. The lowest BCUT2D eigenvalue weighted by Crippen LogP contribution is -2.46. The van der Waals surface area contributed by atoms with E-state index in [2.05, 4.69) is 5.32 Å². The molecule has 3 aromatic rings. The Morgan fingerprint density at radius 2 is 1.59 bits per heavy atom. The van der Waals surface area contributed by atoms with Gasteiger partial charge in [-0.25, -0.2) is 9.18 Å². The number of halogens is 1. The summed E-state index contributed by atoms with van der Waals surface area (Å²) in [6.45, 7) is 3.57. The highest BCUT2D eigenvalue weighted by Crippen LogP contribution is 2.21. The SMILES string of the molecule is CC(C)[C@H](NC(=O)c1ccccc1F)C(=O)Oc1ccc2ccccc2c1. The standard InChI is InChI=1S/C22H20FNO3/c1-14(2)20(24-21(25)18-9-5-6-10-19(18)23)22(26)27-17-12-11-15-7-3-4-8-16(15)13-17/h3-14,20H,1-2H3,(H,24,25)/t20-/m0/s1. The molecule has 1 amide bonds. The predicted octanol–water partition coefficient (Wildman–Crippen LogP) is 4.34. The number of benzene rings is 3. The van der Waals surface area contributed by atoms with Gasteiger partial charge in [0.05, 0.1) is 5.56 Å². The third-order valence-electron chi connectivity index (χ3n) is 4.27. The van der Waals surface area contributed by atoms with Gasteiger partial charge in [0, 0.05) is 0 Å². The first-order chi connectivity index (χ1) is 13.0. The molecule has 0 heterocycles. The van der Waals surface area contributed by atoms with Crippen LogP contribution in [0.15, 0.2) is 66.7 Å². The molecule has 0 fully saturated rings. The normalized spacial score (nSPS) is 12.0. The summed E-state index contributed by atoms with van der Waals surface area (Å²) in [6, 6.07) is 17.8. The minimum atomic E-state index is -0.899.